The molecule has 2 rings (SSSR count). The average Bonchev–Trinajstić information content (AvgIpc) is 2.95. The Morgan fingerprint density at radius 1 is 1.45 bits per heavy atom. The number of nitrogens with zero attached hydrogens (tertiary/aromatic N) is 2. The van der Waals surface area contributed by atoms with Gasteiger partial charge in [0.15, 0.2) is 0 Å². The van der Waals surface area contributed by atoms with Crippen LogP contribution in [0.15, 0.2) is 24.3 Å². The van der Waals surface area contributed by atoms with Crippen LogP contribution >= 0.6 is 0 Å². The van der Waals surface area contributed by atoms with Crippen molar-refractivity contribution in [1.82, 2.24) is 5.32 Å². The lowest BCUT2D eigenvalue weighted by molar-refractivity contribution is -0.384. The molecule has 6 nitrogen and oxygen atoms in total. The summed E-state index contributed by atoms with van der Waals surface area (Å²) in [4.78, 5) is 22.3. The fourth-order valence-electron chi connectivity index (χ4n) is 2.50. The van der Waals surface area contributed by atoms with Crippen molar-refractivity contribution in [3.63, 3.8) is 0 Å². The molecule has 1 amide bonds. The topological polar surface area (TPSA) is 96.0 Å². The van der Waals surface area contributed by atoms with Crippen LogP contribution < -0.4 is 5.32 Å². The largest absolute Gasteiger partial charge is 0.351 e. The van der Waals surface area contributed by atoms with E-state index in [0.717, 1.165) is 12.8 Å². The zero-order chi connectivity index (χ0) is 14.6. The van der Waals surface area contributed by atoms with Crippen LogP contribution in [0, 0.1) is 26.9 Å². The zero-order valence-electron chi connectivity index (χ0n) is 11.0. The monoisotopic (exact) mass is 273 g/mol. The van der Waals surface area contributed by atoms with Crippen LogP contribution in [0.3, 0.4) is 0 Å². The Bertz CT molecular complexity index is 571. The molecule has 0 aliphatic heterocycles. The fraction of sp³-hybridized carbons (Fsp3) is 0.429. The third kappa shape index (κ3) is 2.77. The van der Waals surface area contributed by atoms with Crippen LogP contribution in [-0.4, -0.2) is 10.8 Å². The van der Waals surface area contributed by atoms with Crippen LogP contribution in [0.4, 0.5) is 5.69 Å². The fourth-order valence-corrected chi connectivity index (χ4v) is 2.50. The summed E-state index contributed by atoms with van der Waals surface area (Å²) in [6.07, 6.45) is 2.95. The molecule has 0 unspecified atom stereocenters. The molecule has 1 N–H and O–H groups in total. The number of non-ortho nitro benzene ring substituents is 1. The first-order chi connectivity index (χ1) is 9.57. The van der Waals surface area contributed by atoms with Crippen LogP contribution in [0.1, 0.15) is 31.2 Å². The van der Waals surface area contributed by atoms with E-state index in [1.807, 2.05) is 0 Å². The minimum atomic E-state index is -0.916. The van der Waals surface area contributed by atoms with Gasteiger partial charge in [0.25, 0.3) is 5.69 Å². The van der Waals surface area contributed by atoms with Gasteiger partial charge in [0, 0.05) is 18.7 Å². The maximum absolute atomic E-state index is 12.1. The molecule has 0 saturated heterocycles. The molecule has 0 atom stereocenters. The number of nitrogens with one attached hydrogen (secondary N) is 1. The third-order valence-corrected chi connectivity index (χ3v) is 3.68. The molecule has 6 heteroatoms. The number of nitro benzene ring substituents is 1. The normalized spacial score (nSPS) is 16.4. The van der Waals surface area contributed by atoms with Crippen molar-refractivity contribution < 1.29 is 9.72 Å². The quantitative estimate of drug-likeness (QED) is 0.672. The average molecular weight is 273 g/mol. The Labute approximate surface area is 116 Å². The Kier molecular flexibility index (Phi) is 3.99. The van der Waals surface area contributed by atoms with Gasteiger partial charge in [-0.1, -0.05) is 25.0 Å². The summed E-state index contributed by atoms with van der Waals surface area (Å²) < 4.78 is 0. The first kappa shape index (κ1) is 14.0. The zero-order valence-corrected chi connectivity index (χ0v) is 11.0. The predicted molar refractivity (Wildman–Crippen MR) is 71.5 cm³/mol. The minimum Gasteiger partial charge on any atom is -0.351 e. The number of rotatable bonds is 4. The molecule has 0 bridgehead atoms. The molecule has 0 radical (unpaired) electrons. The lowest BCUT2D eigenvalue weighted by Gasteiger charge is -2.19. The van der Waals surface area contributed by atoms with Crippen molar-refractivity contribution in [2.45, 2.75) is 32.2 Å². The van der Waals surface area contributed by atoms with Gasteiger partial charge in [-0.2, -0.15) is 5.26 Å². The summed E-state index contributed by atoms with van der Waals surface area (Å²) in [6.45, 7) is 0.198. The Morgan fingerprint density at radius 2 is 2.15 bits per heavy atom. The van der Waals surface area contributed by atoms with Gasteiger partial charge in [0.2, 0.25) is 5.91 Å². The summed E-state index contributed by atoms with van der Waals surface area (Å²) in [7, 11) is 0. The molecule has 0 heterocycles. The molecule has 1 aromatic rings. The van der Waals surface area contributed by atoms with Gasteiger partial charge in [-0.25, -0.2) is 0 Å². The molecule has 1 aliphatic rings. The molecule has 104 valence electrons. The maximum Gasteiger partial charge on any atom is 0.269 e. The van der Waals surface area contributed by atoms with Crippen LogP contribution in [0.2, 0.25) is 0 Å². The molecule has 1 saturated carbocycles. The number of carbonyl (C=O) groups excluding carboxylic acids is 1. The lowest BCUT2D eigenvalue weighted by atomic mass is 9.87. The van der Waals surface area contributed by atoms with E-state index in [0.29, 0.717) is 18.4 Å². The smallest absolute Gasteiger partial charge is 0.269 e. The van der Waals surface area contributed by atoms with Gasteiger partial charge in [-0.05, 0) is 18.4 Å². The van der Waals surface area contributed by atoms with E-state index < -0.39 is 10.3 Å². The highest BCUT2D eigenvalue weighted by Gasteiger charge is 2.41. The van der Waals surface area contributed by atoms with Crippen molar-refractivity contribution in [3.05, 3.63) is 39.9 Å². The molecule has 1 fully saturated rings. The Morgan fingerprint density at radius 3 is 2.75 bits per heavy atom. The van der Waals surface area contributed by atoms with Crippen LogP contribution in [0.5, 0.6) is 0 Å². The minimum absolute atomic E-state index is 0.00684. The van der Waals surface area contributed by atoms with Gasteiger partial charge in [0.05, 0.1) is 11.0 Å². The maximum atomic E-state index is 12.1. The summed E-state index contributed by atoms with van der Waals surface area (Å²) >= 11 is 0. The van der Waals surface area contributed by atoms with E-state index in [4.69, 9.17) is 0 Å². The summed E-state index contributed by atoms with van der Waals surface area (Å²) in [5, 5.41) is 22.6. The van der Waals surface area contributed by atoms with E-state index in [1.54, 1.807) is 12.1 Å². The summed E-state index contributed by atoms with van der Waals surface area (Å²) in [5.41, 5.74) is -0.271. The first-order valence-electron chi connectivity index (χ1n) is 6.50. The van der Waals surface area contributed by atoms with Crippen molar-refractivity contribution in [1.29, 1.82) is 5.26 Å². The Hall–Kier alpha value is -2.42. The van der Waals surface area contributed by atoms with Gasteiger partial charge in [0.1, 0.15) is 5.41 Å². The van der Waals surface area contributed by atoms with Crippen molar-refractivity contribution in [2.75, 3.05) is 0 Å². The molecular formula is C14H15N3O3. The van der Waals surface area contributed by atoms with Crippen molar-refractivity contribution in [2.24, 2.45) is 5.41 Å². The van der Waals surface area contributed by atoms with E-state index >= 15 is 0 Å². The second-order valence-corrected chi connectivity index (χ2v) is 5.01. The van der Waals surface area contributed by atoms with Gasteiger partial charge < -0.3 is 5.32 Å². The number of carbonyl (C=O) groups is 1. The number of hydrogen-bond donors (Lipinski definition) is 1. The number of nitro groups is 1. The first-order valence-corrected chi connectivity index (χ1v) is 6.50. The number of amides is 1. The molecule has 20 heavy (non-hydrogen) atoms. The summed E-state index contributed by atoms with van der Waals surface area (Å²) in [5.74, 6) is -0.274. The van der Waals surface area contributed by atoms with E-state index in [-0.39, 0.29) is 18.1 Å². The second kappa shape index (κ2) is 5.70. The third-order valence-electron chi connectivity index (χ3n) is 3.68. The molecule has 0 aromatic heterocycles. The molecule has 0 spiro atoms. The molecule has 1 aliphatic carbocycles. The van der Waals surface area contributed by atoms with E-state index in [9.17, 15) is 20.2 Å². The second-order valence-electron chi connectivity index (χ2n) is 5.01. The van der Waals surface area contributed by atoms with Gasteiger partial charge in [-0.15, -0.1) is 0 Å². The van der Waals surface area contributed by atoms with E-state index in [2.05, 4.69) is 11.4 Å². The number of benzene rings is 1. The van der Waals surface area contributed by atoms with Gasteiger partial charge in [-0.3, -0.25) is 14.9 Å². The van der Waals surface area contributed by atoms with Gasteiger partial charge >= 0.3 is 0 Å². The number of hydrogen-bond acceptors (Lipinski definition) is 4. The molecular weight excluding hydrogens is 258 g/mol. The standard InChI is InChI=1S/C14H15N3O3/c15-10-14(6-1-2-7-14)13(18)16-9-11-4-3-5-12(8-11)17(19)20/h3-5,8H,1-2,6-7,9H2,(H,16,18). The highest BCUT2D eigenvalue weighted by molar-refractivity contribution is 5.85. The Balaban J connectivity index is 2.02. The van der Waals surface area contributed by atoms with Crippen LogP contribution in [-0.2, 0) is 11.3 Å². The number of nitriles is 1. The lowest BCUT2D eigenvalue weighted by Crippen LogP contribution is -2.37. The highest BCUT2D eigenvalue weighted by Crippen LogP contribution is 2.37. The van der Waals surface area contributed by atoms with E-state index in [1.165, 1.54) is 12.1 Å². The predicted octanol–water partition coefficient (Wildman–Crippen LogP) is 2.29. The SMILES string of the molecule is N#CC1(C(=O)NCc2cccc([N+](=O)[O-])c2)CCCC1. The molecule has 1 aromatic carbocycles. The van der Waals surface area contributed by atoms with Crippen LogP contribution in [0.25, 0.3) is 0 Å². The van der Waals surface area contributed by atoms with Crippen molar-refractivity contribution in [3.8, 4) is 6.07 Å². The van der Waals surface area contributed by atoms with Crippen molar-refractivity contribution >= 4 is 11.6 Å². The highest BCUT2D eigenvalue weighted by atomic mass is 16.6. The summed E-state index contributed by atoms with van der Waals surface area (Å²) in [6, 6.07) is 8.24.